The SMILES string of the molecule is CC1(C)C(=O)NCCN1S(=O)(=O)c1ccc(C#N)cc1Cl. The van der Waals surface area contributed by atoms with Crippen LogP contribution in [0.4, 0.5) is 0 Å². The lowest BCUT2D eigenvalue weighted by Crippen LogP contribution is -2.63. The molecule has 0 radical (unpaired) electrons. The van der Waals surface area contributed by atoms with Crippen LogP contribution in [0.3, 0.4) is 0 Å². The van der Waals surface area contributed by atoms with E-state index < -0.39 is 15.6 Å². The Labute approximate surface area is 128 Å². The van der Waals surface area contributed by atoms with Crippen LogP contribution in [0, 0.1) is 11.3 Å². The molecule has 0 unspecified atom stereocenters. The van der Waals surface area contributed by atoms with E-state index in [0.29, 0.717) is 0 Å². The summed E-state index contributed by atoms with van der Waals surface area (Å²) in [6, 6.07) is 5.86. The van der Waals surface area contributed by atoms with Gasteiger partial charge in [-0.15, -0.1) is 0 Å². The van der Waals surface area contributed by atoms with Gasteiger partial charge in [-0.25, -0.2) is 8.42 Å². The van der Waals surface area contributed by atoms with Crippen LogP contribution in [-0.4, -0.2) is 37.3 Å². The van der Waals surface area contributed by atoms with Crippen LogP contribution in [0.5, 0.6) is 0 Å². The molecule has 112 valence electrons. The molecule has 0 saturated carbocycles. The first-order valence-electron chi connectivity index (χ1n) is 6.22. The highest BCUT2D eigenvalue weighted by molar-refractivity contribution is 7.89. The van der Waals surface area contributed by atoms with Crippen LogP contribution in [0.1, 0.15) is 19.4 Å². The maximum absolute atomic E-state index is 12.7. The van der Waals surface area contributed by atoms with E-state index in [1.54, 1.807) is 0 Å². The van der Waals surface area contributed by atoms with Gasteiger partial charge in [-0.2, -0.15) is 9.57 Å². The minimum atomic E-state index is -3.93. The average Bonchev–Trinajstić information content (AvgIpc) is 2.41. The Morgan fingerprint density at radius 3 is 2.67 bits per heavy atom. The predicted octanol–water partition coefficient (Wildman–Crippen LogP) is 1.11. The number of piperazine rings is 1. The second-order valence-corrected chi connectivity index (χ2v) is 7.39. The van der Waals surface area contributed by atoms with Crippen LogP contribution < -0.4 is 5.32 Å². The molecule has 2 rings (SSSR count). The third-order valence-electron chi connectivity index (χ3n) is 3.41. The molecule has 8 heteroatoms. The van der Waals surface area contributed by atoms with Crippen molar-refractivity contribution in [2.24, 2.45) is 0 Å². The van der Waals surface area contributed by atoms with Crippen LogP contribution in [-0.2, 0) is 14.8 Å². The molecule has 0 bridgehead atoms. The second-order valence-electron chi connectivity index (χ2n) is 5.15. The van der Waals surface area contributed by atoms with Gasteiger partial charge < -0.3 is 5.32 Å². The Bertz CT molecular complexity index is 738. The van der Waals surface area contributed by atoms with Crippen molar-refractivity contribution in [3.63, 3.8) is 0 Å². The molecule has 1 aliphatic heterocycles. The smallest absolute Gasteiger partial charge is 0.245 e. The molecule has 21 heavy (non-hydrogen) atoms. The van der Waals surface area contributed by atoms with Gasteiger partial charge in [0.25, 0.3) is 0 Å². The Morgan fingerprint density at radius 1 is 1.43 bits per heavy atom. The first kappa shape index (κ1) is 15.8. The summed E-state index contributed by atoms with van der Waals surface area (Å²) in [4.78, 5) is 11.8. The Morgan fingerprint density at radius 2 is 2.10 bits per heavy atom. The number of halogens is 1. The molecule has 1 aliphatic rings. The van der Waals surface area contributed by atoms with Gasteiger partial charge in [-0.05, 0) is 32.0 Å². The van der Waals surface area contributed by atoms with E-state index in [0.717, 1.165) is 4.31 Å². The van der Waals surface area contributed by atoms with Gasteiger partial charge in [0.2, 0.25) is 15.9 Å². The van der Waals surface area contributed by atoms with E-state index in [1.807, 2.05) is 6.07 Å². The molecule has 1 fully saturated rings. The summed E-state index contributed by atoms with van der Waals surface area (Å²) in [6.45, 7) is 3.49. The topological polar surface area (TPSA) is 90.3 Å². The highest BCUT2D eigenvalue weighted by atomic mass is 35.5. The van der Waals surface area contributed by atoms with Gasteiger partial charge in [0.1, 0.15) is 10.4 Å². The minimum Gasteiger partial charge on any atom is -0.353 e. The second kappa shape index (κ2) is 5.30. The quantitative estimate of drug-likeness (QED) is 0.881. The average molecular weight is 328 g/mol. The van der Waals surface area contributed by atoms with Crippen LogP contribution in [0.25, 0.3) is 0 Å². The van der Waals surface area contributed by atoms with Crippen molar-refractivity contribution in [2.75, 3.05) is 13.1 Å². The zero-order valence-corrected chi connectivity index (χ0v) is 13.1. The molecule has 1 amide bonds. The summed E-state index contributed by atoms with van der Waals surface area (Å²) in [5, 5.41) is 11.4. The van der Waals surface area contributed by atoms with Crippen LogP contribution >= 0.6 is 11.6 Å². The summed E-state index contributed by atoms with van der Waals surface area (Å²) in [7, 11) is -3.93. The number of benzene rings is 1. The zero-order valence-electron chi connectivity index (χ0n) is 11.6. The van der Waals surface area contributed by atoms with Crippen molar-refractivity contribution in [3.05, 3.63) is 28.8 Å². The highest BCUT2D eigenvalue weighted by Crippen LogP contribution is 2.31. The number of carbonyl (C=O) groups excluding carboxylic acids is 1. The monoisotopic (exact) mass is 327 g/mol. The summed E-state index contributed by atoms with van der Waals surface area (Å²) in [5.74, 6) is -0.359. The Hall–Kier alpha value is -1.62. The van der Waals surface area contributed by atoms with Crippen molar-refractivity contribution < 1.29 is 13.2 Å². The van der Waals surface area contributed by atoms with Gasteiger partial charge in [-0.1, -0.05) is 11.6 Å². The van der Waals surface area contributed by atoms with E-state index in [1.165, 1.54) is 32.0 Å². The number of nitrogens with one attached hydrogen (secondary N) is 1. The van der Waals surface area contributed by atoms with Crippen LogP contribution in [0.2, 0.25) is 5.02 Å². The third-order valence-corrected chi connectivity index (χ3v) is 5.96. The standard InChI is InChI=1S/C13H14ClN3O3S/c1-13(2)12(18)16-5-6-17(13)21(19,20)11-4-3-9(8-15)7-10(11)14/h3-4,7H,5-6H2,1-2H3,(H,16,18). The first-order valence-corrected chi connectivity index (χ1v) is 8.04. The van der Waals surface area contributed by atoms with Gasteiger partial charge >= 0.3 is 0 Å². The van der Waals surface area contributed by atoms with Gasteiger partial charge in [0, 0.05) is 13.1 Å². The lowest BCUT2D eigenvalue weighted by Gasteiger charge is -2.39. The van der Waals surface area contributed by atoms with E-state index in [4.69, 9.17) is 16.9 Å². The fraction of sp³-hybridized carbons (Fsp3) is 0.385. The largest absolute Gasteiger partial charge is 0.353 e. The number of amides is 1. The molecular weight excluding hydrogens is 314 g/mol. The predicted molar refractivity (Wildman–Crippen MR) is 77.1 cm³/mol. The number of hydrogen-bond donors (Lipinski definition) is 1. The molecule has 1 aromatic carbocycles. The molecule has 1 saturated heterocycles. The molecule has 1 N–H and O–H groups in total. The number of rotatable bonds is 2. The summed E-state index contributed by atoms with van der Waals surface area (Å²) in [6.07, 6.45) is 0. The van der Waals surface area contributed by atoms with E-state index in [2.05, 4.69) is 5.32 Å². The fourth-order valence-electron chi connectivity index (χ4n) is 2.20. The summed E-state index contributed by atoms with van der Waals surface area (Å²) in [5.41, 5.74) is -0.927. The number of nitriles is 1. The molecule has 0 spiro atoms. The van der Waals surface area contributed by atoms with Gasteiger partial charge in [0.15, 0.2) is 0 Å². The van der Waals surface area contributed by atoms with E-state index in [9.17, 15) is 13.2 Å². The lowest BCUT2D eigenvalue weighted by molar-refractivity contribution is -0.131. The van der Waals surface area contributed by atoms with Crippen molar-refractivity contribution >= 4 is 27.5 Å². The number of sulfonamides is 1. The molecular formula is C13H14ClN3O3S. The maximum Gasteiger partial charge on any atom is 0.245 e. The van der Waals surface area contributed by atoms with Crippen molar-refractivity contribution in [1.29, 1.82) is 5.26 Å². The normalized spacial score (nSPS) is 18.9. The number of nitrogens with zero attached hydrogens (tertiary/aromatic N) is 2. The van der Waals surface area contributed by atoms with Gasteiger partial charge in [-0.3, -0.25) is 4.79 Å². The summed E-state index contributed by atoms with van der Waals surface area (Å²) >= 11 is 5.98. The third kappa shape index (κ3) is 2.62. The molecule has 6 nitrogen and oxygen atoms in total. The zero-order chi connectivity index (χ0) is 15.8. The Balaban J connectivity index is 2.52. The van der Waals surface area contributed by atoms with Crippen molar-refractivity contribution in [1.82, 2.24) is 9.62 Å². The van der Waals surface area contributed by atoms with Crippen molar-refractivity contribution in [3.8, 4) is 6.07 Å². The fourth-order valence-corrected chi connectivity index (χ4v) is 4.47. The molecule has 0 aromatic heterocycles. The molecule has 0 atom stereocenters. The lowest BCUT2D eigenvalue weighted by atomic mass is 10.0. The Kier molecular flexibility index (Phi) is 3.97. The number of carbonyl (C=O) groups is 1. The highest BCUT2D eigenvalue weighted by Gasteiger charge is 2.45. The molecule has 1 aromatic rings. The minimum absolute atomic E-state index is 0.0316. The number of hydrogen-bond acceptors (Lipinski definition) is 4. The van der Waals surface area contributed by atoms with E-state index >= 15 is 0 Å². The van der Waals surface area contributed by atoms with E-state index in [-0.39, 0.29) is 34.5 Å². The summed E-state index contributed by atoms with van der Waals surface area (Å²) < 4.78 is 26.6. The first-order chi connectivity index (χ1) is 9.71. The van der Waals surface area contributed by atoms with Gasteiger partial charge in [0.05, 0.1) is 16.7 Å². The van der Waals surface area contributed by atoms with Crippen molar-refractivity contribution in [2.45, 2.75) is 24.3 Å². The maximum atomic E-state index is 12.7. The van der Waals surface area contributed by atoms with Crippen LogP contribution in [0.15, 0.2) is 23.1 Å². The molecule has 1 heterocycles. The molecule has 0 aliphatic carbocycles.